The molecule has 272 valence electrons. The Labute approximate surface area is 338 Å². The van der Waals surface area contributed by atoms with E-state index in [1.807, 2.05) is 0 Å². The Bertz CT molecular complexity index is 3210. The van der Waals surface area contributed by atoms with Crippen molar-refractivity contribution < 1.29 is 0 Å². The van der Waals surface area contributed by atoms with E-state index in [2.05, 4.69) is 240 Å². The van der Waals surface area contributed by atoms with Crippen molar-refractivity contribution in [3.63, 3.8) is 0 Å². The number of nitrogens with zero attached hydrogens (tertiary/aromatic N) is 2. The van der Waals surface area contributed by atoms with Crippen molar-refractivity contribution in [2.24, 2.45) is 0 Å². The van der Waals surface area contributed by atoms with E-state index in [-0.39, 0.29) is 0 Å². The van der Waals surface area contributed by atoms with E-state index in [9.17, 15) is 0 Å². The summed E-state index contributed by atoms with van der Waals surface area (Å²) in [7, 11) is 0. The van der Waals surface area contributed by atoms with Gasteiger partial charge in [0.2, 0.25) is 0 Å². The summed E-state index contributed by atoms with van der Waals surface area (Å²) in [5, 5.41) is 7.40. The molecule has 11 aromatic rings. The maximum absolute atomic E-state index is 2.43. The van der Waals surface area contributed by atoms with Gasteiger partial charge in [-0.05, 0) is 98.6 Å². The van der Waals surface area contributed by atoms with E-state index in [1.165, 1.54) is 76.7 Å². The van der Waals surface area contributed by atoms with E-state index >= 15 is 0 Å². The highest BCUT2D eigenvalue weighted by molar-refractivity contribution is 6.11. The van der Waals surface area contributed by atoms with Crippen molar-refractivity contribution in [1.82, 2.24) is 4.57 Å². The van der Waals surface area contributed by atoms with Gasteiger partial charge in [-0.3, -0.25) is 0 Å². The van der Waals surface area contributed by atoms with Gasteiger partial charge < -0.3 is 9.47 Å². The van der Waals surface area contributed by atoms with Crippen molar-refractivity contribution in [3.05, 3.63) is 231 Å². The summed E-state index contributed by atoms with van der Waals surface area (Å²) in [5.74, 6) is 0. The minimum absolute atomic E-state index is 1.10. The van der Waals surface area contributed by atoms with Crippen molar-refractivity contribution in [1.29, 1.82) is 0 Å². The highest BCUT2D eigenvalue weighted by Crippen LogP contribution is 2.45. The van der Waals surface area contributed by atoms with Crippen LogP contribution in [-0.4, -0.2) is 4.57 Å². The number of anilines is 3. The average Bonchev–Trinajstić information content (AvgIpc) is 3.64. The molecule has 0 spiro atoms. The lowest BCUT2D eigenvalue weighted by atomic mass is 9.94. The maximum Gasteiger partial charge on any atom is 0.0541 e. The van der Waals surface area contributed by atoms with Crippen molar-refractivity contribution in [2.75, 3.05) is 4.90 Å². The minimum Gasteiger partial charge on any atom is -0.310 e. The summed E-state index contributed by atoms with van der Waals surface area (Å²) >= 11 is 0. The van der Waals surface area contributed by atoms with Crippen LogP contribution in [0.3, 0.4) is 0 Å². The number of rotatable bonds is 7. The van der Waals surface area contributed by atoms with Gasteiger partial charge in [0.05, 0.1) is 22.4 Å². The van der Waals surface area contributed by atoms with Gasteiger partial charge in [0.15, 0.2) is 0 Å². The lowest BCUT2D eigenvalue weighted by Gasteiger charge is -2.28. The van der Waals surface area contributed by atoms with Crippen molar-refractivity contribution in [3.8, 4) is 39.1 Å². The van der Waals surface area contributed by atoms with E-state index in [0.29, 0.717) is 0 Å². The summed E-state index contributed by atoms with van der Waals surface area (Å²) in [6, 6.07) is 83.7. The Morgan fingerprint density at radius 1 is 0.293 bits per heavy atom. The quantitative estimate of drug-likeness (QED) is 0.158. The molecular formula is C56H38N2. The van der Waals surface area contributed by atoms with E-state index in [4.69, 9.17) is 0 Å². The Balaban J connectivity index is 1.07. The van der Waals surface area contributed by atoms with Crippen LogP contribution in [0.1, 0.15) is 0 Å². The van der Waals surface area contributed by atoms with Crippen LogP contribution < -0.4 is 4.90 Å². The van der Waals surface area contributed by atoms with Crippen LogP contribution in [0.2, 0.25) is 0 Å². The third kappa shape index (κ3) is 5.74. The smallest absolute Gasteiger partial charge is 0.0541 e. The van der Waals surface area contributed by atoms with Gasteiger partial charge in [0, 0.05) is 33.1 Å². The molecule has 0 radical (unpaired) electrons. The zero-order valence-electron chi connectivity index (χ0n) is 31.8. The van der Waals surface area contributed by atoms with Gasteiger partial charge >= 0.3 is 0 Å². The van der Waals surface area contributed by atoms with Gasteiger partial charge in [-0.2, -0.15) is 0 Å². The molecule has 11 rings (SSSR count). The molecule has 10 aromatic carbocycles. The van der Waals surface area contributed by atoms with Crippen LogP contribution in [0, 0.1) is 0 Å². The van der Waals surface area contributed by atoms with E-state index in [0.717, 1.165) is 22.7 Å². The molecule has 2 heteroatoms. The summed E-state index contributed by atoms with van der Waals surface area (Å²) in [4.78, 5) is 2.41. The summed E-state index contributed by atoms with van der Waals surface area (Å²) in [5.41, 5.74) is 14.1. The highest BCUT2D eigenvalue weighted by atomic mass is 15.1. The van der Waals surface area contributed by atoms with Gasteiger partial charge in [-0.1, -0.05) is 176 Å². The SMILES string of the molecule is c1ccc(-c2ccc(N(c3ccc(-c4ccc5ccccc5c4)cc3)c3ccc(-c4ccccc4-n4c5ccccc5c5ccccc54)c4ccccc34)cc2)cc1. The molecule has 1 aromatic heterocycles. The van der Waals surface area contributed by atoms with Crippen LogP contribution in [0.15, 0.2) is 231 Å². The van der Waals surface area contributed by atoms with Crippen LogP contribution in [0.5, 0.6) is 0 Å². The fourth-order valence-corrected chi connectivity index (χ4v) is 8.82. The van der Waals surface area contributed by atoms with Crippen molar-refractivity contribution >= 4 is 60.4 Å². The fraction of sp³-hybridized carbons (Fsp3) is 0. The summed E-state index contributed by atoms with van der Waals surface area (Å²) in [6.07, 6.45) is 0. The van der Waals surface area contributed by atoms with Gasteiger partial charge in [-0.25, -0.2) is 0 Å². The zero-order chi connectivity index (χ0) is 38.4. The lowest BCUT2D eigenvalue weighted by molar-refractivity contribution is 1.18. The van der Waals surface area contributed by atoms with Gasteiger partial charge in [-0.15, -0.1) is 0 Å². The maximum atomic E-state index is 2.43. The van der Waals surface area contributed by atoms with Crippen LogP contribution in [0.25, 0.3) is 82.4 Å². The molecule has 0 amide bonds. The van der Waals surface area contributed by atoms with E-state index in [1.54, 1.807) is 0 Å². The van der Waals surface area contributed by atoms with Crippen molar-refractivity contribution in [2.45, 2.75) is 0 Å². The molecule has 0 fully saturated rings. The Morgan fingerprint density at radius 3 is 1.48 bits per heavy atom. The number of hydrogen-bond donors (Lipinski definition) is 0. The largest absolute Gasteiger partial charge is 0.310 e. The number of hydrogen-bond acceptors (Lipinski definition) is 1. The number of para-hydroxylation sites is 3. The molecule has 0 aliphatic rings. The molecule has 2 nitrogen and oxygen atoms in total. The Hall–Kier alpha value is -7.68. The molecule has 0 atom stereocenters. The highest BCUT2D eigenvalue weighted by Gasteiger charge is 2.20. The standard InChI is InChI=1S/C56H38N2/c1-2-14-39(15-3-1)41-28-32-45(33-29-41)57(46-34-30-42(31-35-46)44-27-26-40-16-4-5-17-43(40)38-44)56-37-36-48(47-18-6-7-19-49(47)56)50-20-8-11-23-53(50)58-54-24-12-9-21-51(54)52-22-10-13-25-55(52)58/h1-38H. The molecule has 0 saturated heterocycles. The number of fused-ring (bicyclic) bond motifs is 5. The molecule has 0 aliphatic carbocycles. The third-order valence-electron chi connectivity index (χ3n) is 11.6. The molecule has 0 unspecified atom stereocenters. The van der Waals surface area contributed by atoms with E-state index < -0.39 is 0 Å². The predicted molar refractivity (Wildman–Crippen MR) is 247 cm³/mol. The van der Waals surface area contributed by atoms with Crippen LogP contribution in [0.4, 0.5) is 17.1 Å². The first-order valence-electron chi connectivity index (χ1n) is 19.9. The third-order valence-corrected chi connectivity index (χ3v) is 11.6. The first-order chi connectivity index (χ1) is 28.8. The molecule has 0 saturated carbocycles. The zero-order valence-corrected chi connectivity index (χ0v) is 31.8. The summed E-state index contributed by atoms with van der Waals surface area (Å²) in [6.45, 7) is 0. The Kier molecular flexibility index (Phi) is 8.19. The fourth-order valence-electron chi connectivity index (χ4n) is 8.82. The second kappa shape index (κ2) is 14.1. The minimum atomic E-state index is 1.10. The summed E-state index contributed by atoms with van der Waals surface area (Å²) < 4.78 is 2.43. The lowest BCUT2D eigenvalue weighted by Crippen LogP contribution is -2.10. The normalized spacial score (nSPS) is 11.4. The predicted octanol–water partition coefficient (Wildman–Crippen LogP) is 15.6. The van der Waals surface area contributed by atoms with Gasteiger partial charge in [0.25, 0.3) is 0 Å². The Morgan fingerprint density at radius 2 is 0.793 bits per heavy atom. The molecule has 58 heavy (non-hydrogen) atoms. The first kappa shape index (κ1) is 33.6. The first-order valence-corrected chi connectivity index (χ1v) is 19.9. The van der Waals surface area contributed by atoms with Crippen LogP contribution in [-0.2, 0) is 0 Å². The molecule has 1 heterocycles. The number of aromatic nitrogens is 1. The second-order valence-corrected chi connectivity index (χ2v) is 14.9. The van der Waals surface area contributed by atoms with Gasteiger partial charge in [0.1, 0.15) is 0 Å². The number of benzene rings is 10. The molecule has 0 bridgehead atoms. The average molecular weight is 739 g/mol. The topological polar surface area (TPSA) is 8.17 Å². The molecular weight excluding hydrogens is 701 g/mol. The monoisotopic (exact) mass is 738 g/mol. The second-order valence-electron chi connectivity index (χ2n) is 14.9. The molecule has 0 N–H and O–H groups in total. The van der Waals surface area contributed by atoms with Crippen LogP contribution >= 0.6 is 0 Å². The molecule has 0 aliphatic heterocycles.